The van der Waals surface area contributed by atoms with Crippen molar-refractivity contribution < 1.29 is 24.2 Å². The number of aliphatic hydroxyl groups is 1. The van der Waals surface area contributed by atoms with Gasteiger partial charge in [0.2, 0.25) is 11.8 Å². The number of aliphatic hydroxyl groups excluding tert-OH is 1. The summed E-state index contributed by atoms with van der Waals surface area (Å²) in [6, 6.07) is 13.9. The fraction of sp³-hybridized carbons (Fsp3) is 0.472. The van der Waals surface area contributed by atoms with E-state index < -0.39 is 29.1 Å². The summed E-state index contributed by atoms with van der Waals surface area (Å²) in [5, 5.41) is 9.81. The van der Waals surface area contributed by atoms with Gasteiger partial charge in [0, 0.05) is 31.9 Å². The summed E-state index contributed by atoms with van der Waals surface area (Å²) in [5.41, 5.74) is -0.0712. The first kappa shape index (κ1) is 32.9. The van der Waals surface area contributed by atoms with E-state index in [0.29, 0.717) is 48.6 Å². The van der Waals surface area contributed by atoms with E-state index in [1.54, 1.807) is 32.9 Å². The fourth-order valence-corrected chi connectivity index (χ4v) is 8.29. The fourth-order valence-electron chi connectivity index (χ4n) is 7.97. The Morgan fingerprint density at radius 2 is 1.73 bits per heavy atom. The molecule has 3 heterocycles. The van der Waals surface area contributed by atoms with Crippen LogP contribution < -0.4 is 9.80 Å². The van der Waals surface area contributed by atoms with Crippen LogP contribution in [0.2, 0.25) is 5.02 Å². The highest BCUT2D eigenvalue weighted by atomic mass is 35.5. The van der Waals surface area contributed by atoms with Crippen molar-refractivity contribution in [2.24, 2.45) is 17.8 Å². The summed E-state index contributed by atoms with van der Waals surface area (Å²) in [4.78, 5) is 49.2. The SMILES string of the molecule is C=CCN(C(=O)[C@H]1[C@H]2C(=O)N(CCCCCO)C(C(=O)N(CC=C)c3c(C)cccc3Cl)C23CC(C)[C@]1(C)O3)c1ccccc1. The van der Waals surface area contributed by atoms with Crippen molar-refractivity contribution in [1.82, 2.24) is 4.90 Å². The van der Waals surface area contributed by atoms with Crippen LogP contribution in [-0.4, -0.2) is 71.2 Å². The van der Waals surface area contributed by atoms with Gasteiger partial charge in [0.05, 0.1) is 28.1 Å². The molecule has 3 unspecified atom stereocenters. The van der Waals surface area contributed by atoms with Crippen LogP contribution in [0.25, 0.3) is 0 Å². The van der Waals surface area contributed by atoms with Crippen molar-refractivity contribution in [1.29, 1.82) is 0 Å². The number of anilines is 2. The van der Waals surface area contributed by atoms with E-state index in [-0.39, 0.29) is 43.3 Å². The van der Waals surface area contributed by atoms with Crippen LogP contribution in [0.15, 0.2) is 73.8 Å². The second-order valence-electron chi connectivity index (χ2n) is 12.7. The van der Waals surface area contributed by atoms with Crippen molar-refractivity contribution in [2.75, 3.05) is 36.0 Å². The van der Waals surface area contributed by atoms with Crippen LogP contribution in [0.4, 0.5) is 11.4 Å². The lowest BCUT2D eigenvalue weighted by Gasteiger charge is -2.39. The zero-order valence-electron chi connectivity index (χ0n) is 26.5. The van der Waals surface area contributed by atoms with Crippen LogP contribution in [-0.2, 0) is 19.1 Å². The number of carbonyl (C=O) groups excluding carboxylic acids is 3. The van der Waals surface area contributed by atoms with Gasteiger partial charge in [-0.15, -0.1) is 13.2 Å². The maximum Gasteiger partial charge on any atom is 0.253 e. The molecule has 3 fully saturated rings. The summed E-state index contributed by atoms with van der Waals surface area (Å²) < 4.78 is 6.99. The monoisotopic (exact) mass is 633 g/mol. The van der Waals surface area contributed by atoms with Crippen molar-refractivity contribution in [3.8, 4) is 0 Å². The summed E-state index contributed by atoms with van der Waals surface area (Å²) in [6.07, 6.45) is 5.67. The maximum atomic E-state index is 15.0. The molecule has 8 nitrogen and oxygen atoms in total. The first-order valence-corrected chi connectivity index (χ1v) is 16.2. The number of hydrogen-bond donors (Lipinski definition) is 1. The number of amides is 3. The molecule has 5 rings (SSSR count). The molecule has 0 aromatic heterocycles. The number of carbonyl (C=O) groups is 3. The molecular formula is C36H44ClN3O5. The molecule has 3 aliphatic heterocycles. The Bertz CT molecular complexity index is 1450. The zero-order valence-corrected chi connectivity index (χ0v) is 27.2. The van der Waals surface area contributed by atoms with Crippen LogP contribution in [0.1, 0.15) is 45.1 Å². The van der Waals surface area contributed by atoms with E-state index >= 15 is 0 Å². The molecule has 6 atom stereocenters. The van der Waals surface area contributed by atoms with E-state index in [1.807, 2.05) is 63.2 Å². The molecule has 0 saturated carbocycles. The van der Waals surface area contributed by atoms with Crippen molar-refractivity contribution in [3.05, 3.63) is 84.4 Å². The smallest absolute Gasteiger partial charge is 0.253 e. The van der Waals surface area contributed by atoms with Gasteiger partial charge in [-0.05, 0) is 69.2 Å². The third kappa shape index (κ3) is 5.41. The zero-order chi connectivity index (χ0) is 32.5. The molecule has 3 aliphatic rings. The standard InChI is InChI=1S/C36H44ClN3O5/c1-6-19-38(26-16-10-8-11-17-26)32(42)28-29-33(43)40(21-12-9-13-22-41)31(36(29)23-25(4)35(28,5)45-36)34(44)39(20-7-2)30-24(3)15-14-18-27(30)37/h6-8,10-11,14-18,25,28-29,31,41H,1-2,9,12-13,19-23H2,3-5H3/t25?,28-,29+,31?,35+,36?/m1/s1. The lowest BCUT2D eigenvalue weighted by Crippen LogP contribution is -2.57. The molecule has 0 aliphatic carbocycles. The number of benzene rings is 2. The van der Waals surface area contributed by atoms with Gasteiger partial charge in [0.1, 0.15) is 11.6 Å². The Hall–Kier alpha value is -3.46. The van der Waals surface area contributed by atoms with Crippen molar-refractivity contribution in [3.63, 3.8) is 0 Å². The molecule has 240 valence electrons. The molecule has 2 bridgehead atoms. The molecule has 1 N–H and O–H groups in total. The Kier molecular flexibility index (Phi) is 9.59. The minimum Gasteiger partial charge on any atom is -0.396 e. The summed E-state index contributed by atoms with van der Waals surface area (Å²) >= 11 is 6.69. The van der Waals surface area contributed by atoms with E-state index in [2.05, 4.69) is 13.2 Å². The van der Waals surface area contributed by atoms with Gasteiger partial charge in [-0.1, -0.05) is 61.0 Å². The molecule has 2 aromatic rings. The number of halogens is 1. The molecule has 3 amide bonds. The molecule has 9 heteroatoms. The third-order valence-corrected chi connectivity index (χ3v) is 10.4. The summed E-state index contributed by atoms with van der Waals surface area (Å²) in [5.74, 6) is -2.51. The van der Waals surface area contributed by atoms with Crippen molar-refractivity contribution in [2.45, 2.75) is 63.7 Å². The van der Waals surface area contributed by atoms with Crippen LogP contribution >= 0.6 is 11.6 Å². The van der Waals surface area contributed by atoms with Gasteiger partial charge in [0.15, 0.2) is 0 Å². The first-order chi connectivity index (χ1) is 21.6. The Morgan fingerprint density at radius 3 is 2.38 bits per heavy atom. The predicted molar refractivity (Wildman–Crippen MR) is 177 cm³/mol. The second kappa shape index (κ2) is 13.1. The van der Waals surface area contributed by atoms with Gasteiger partial charge >= 0.3 is 0 Å². The van der Waals surface area contributed by atoms with Gasteiger partial charge in [0.25, 0.3) is 5.91 Å². The molecule has 45 heavy (non-hydrogen) atoms. The Labute approximate surface area is 271 Å². The number of rotatable bonds is 13. The summed E-state index contributed by atoms with van der Waals surface area (Å²) in [7, 11) is 0. The molecular weight excluding hydrogens is 590 g/mol. The number of unbranched alkanes of at least 4 members (excludes halogenated alkanes) is 2. The van der Waals surface area contributed by atoms with Gasteiger partial charge in [-0.25, -0.2) is 0 Å². The molecule has 3 saturated heterocycles. The lowest BCUT2D eigenvalue weighted by atomic mass is 9.62. The highest BCUT2D eigenvalue weighted by molar-refractivity contribution is 6.34. The quantitative estimate of drug-likeness (QED) is 0.230. The number of ether oxygens (including phenoxy) is 1. The van der Waals surface area contributed by atoms with Gasteiger partial charge < -0.3 is 24.5 Å². The Balaban J connectivity index is 1.62. The number of hydrogen-bond acceptors (Lipinski definition) is 5. The van der Waals surface area contributed by atoms with E-state index in [0.717, 1.165) is 5.56 Å². The van der Waals surface area contributed by atoms with Crippen molar-refractivity contribution >= 4 is 40.7 Å². The second-order valence-corrected chi connectivity index (χ2v) is 13.1. The normalized spacial score (nSPS) is 28.2. The minimum absolute atomic E-state index is 0.0515. The topological polar surface area (TPSA) is 90.4 Å². The van der Waals surface area contributed by atoms with Crippen LogP contribution in [0.5, 0.6) is 0 Å². The molecule has 1 spiro atoms. The van der Waals surface area contributed by atoms with E-state index in [1.165, 1.54) is 0 Å². The lowest BCUT2D eigenvalue weighted by molar-refractivity contribution is -0.145. The average molecular weight is 634 g/mol. The van der Waals surface area contributed by atoms with Gasteiger partial charge in [-0.3, -0.25) is 14.4 Å². The van der Waals surface area contributed by atoms with Gasteiger partial charge in [-0.2, -0.15) is 0 Å². The highest BCUT2D eigenvalue weighted by Gasteiger charge is 2.80. The Morgan fingerprint density at radius 1 is 1.04 bits per heavy atom. The number of likely N-dealkylation sites (tertiary alicyclic amines) is 1. The molecule has 0 radical (unpaired) electrons. The largest absolute Gasteiger partial charge is 0.396 e. The number of nitrogens with zero attached hydrogens (tertiary/aromatic N) is 3. The average Bonchev–Trinajstić information content (AvgIpc) is 3.53. The molecule has 2 aromatic carbocycles. The minimum atomic E-state index is -1.20. The number of fused-ring (bicyclic) bond motifs is 1. The van der Waals surface area contributed by atoms with E-state index in [9.17, 15) is 19.5 Å². The van der Waals surface area contributed by atoms with E-state index in [4.69, 9.17) is 16.3 Å². The van der Waals surface area contributed by atoms with Crippen LogP contribution in [0.3, 0.4) is 0 Å². The van der Waals surface area contributed by atoms with Crippen LogP contribution in [0, 0.1) is 24.7 Å². The highest BCUT2D eigenvalue weighted by Crippen LogP contribution is 2.65. The number of para-hydroxylation sites is 2. The third-order valence-electron chi connectivity index (χ3n) is 10.1. The first-order valence-electron chi connectivity index (χ1n) is 15.8. The number of aryl methyl sites for hydroxylation is 1. The predicted octanol–water partition coefficient (Wildman–Crippen LogP) is 5.56. The summed E-state index contributed by atoms with van der Waals surface area (Å²) in [6.45, 7) is 14.5. The maximum absolute atomic E-state index is 15.0.